The van der Waals surface area contributed by atoms with E-state index < -0.39 is 0 Å². The van der Waals surface area contributed by atoms with Crippen molar-refractivity contribution in [1.29, 1.82) is 0 Å². The molecule has 4 amide bonds. The zero-order valence-electron chi connectivity index (χ0n) is 41.7. The monoisotopic (exact) mass is 861 g/mol. The molecule has 0 atom stereocenters. The third-order valence-corrected chi connectivity index (χ3v) is 7.79. The second-order valence-corrected chi connectivity index (χ2v) is 21.3. The molecule has 2 N–H and O–H groups in total. The Morgan fingerprint density at radius 1 is 0.667 bits per heavy atom. The van der Waals surface area contributed by atoms with Crippen LogP contribution in [0.1, 0.15) is 106 Å². The predicted octanol–water partition coefficient (Wildman–Crippen LogP) is 7.41. The van der Waals surface area contributed by atoms with E-state index in [2.05, 4.69) is 84.5 Å². The molecule has 0 saturated carbocycles. The zero-order valence-corrected chi connectivity index (χ0v) is 42.5. The van der Waals surface area contributed by atoms with Gasteiger partial charge in [0.2, 0.25) is 17.7 Å². The van der Waals surface area contributed by atoms with Crippen molar-refractivity contribution in [2.45, 2.75) is 102 Å². The van der Waals surface area contributed by atoms with Crippen LogP contribution in [-0.4, -0.2) is 153 Å². The predicted molar refractivity (Wildman–Crippen MR) is 258 cm³/mol. The highest BCUT2D eigenvalue weighted by Gasteiger charge is 2.20. The maximum absolute atomic E-state index is 12.0. The summed E-state index contributed by atoms with van der Waals surface area (Å²) in [5.74, 6) is 0.0552. The average Bonchev–Trinajstić information content (AvgIpc) is 3.51. The molecule has 0 fully saturated rings. The van der Waals surface area contributed by atoms with Gasteiger partial charge >= 0.3 is 0 Å². The SMILES string of the molecule is C=CCN(CC(C)(C)C)C(=O)/C=C/CN(C)C.CCN(CC(C)(C)C)C(=O)/C=C/CN(C)C.CN(C)C/C=C/C(=O)NCC(C)(C)C.Cc1nc(C(=O)NC(C)(C)C)cs1. The van der Waals surface area contributed by atoms with Gasteiger partial charge in [-0.3, -0.25) is 19.2 Å². The first-order valence-corrected chi connectivity index (χ1v) is 21.7. The first kappa shape index (κ1) is 60.7. The molecule has 1 heterocycles. The van der Waals surface area contributed by atoms with Crippen LogP contribution in [0, 0.1) is 23.2 Å². The Morgan fingerprint density at radius 2 is 1.08 bits per heavy atom. The first-order valence-electron chi connectivity index (χ1n) is 20.9. The van der Waals surface area contributed by atoms with E-state index in [1.807, 2.05) is 120 Å². The van der Waals surface area contributed by atoms with Crippen LogP contribution >= 0.6 is 11.3 Å². The number of thiazole rings is 1. The number of likely N-dealkylation sites (N-methyl/N-ethyl adjacent to an activating group) is 4. The van der Waals surface area contributed by atoms with E-state index in [1.54, 1.807) is 29.7 Å². The minimum absolute atomic E-state index is 0.0122. The molecule has 12 nitrogen and oxygen atoms in total. The maximum atomic E-state index is 12.0. The summed E-state index contributed by atoms with van der Waals surface area (Å²) in [5, 5.41) is 8.40. The summed E-state index contributed by atoms with van der Waals surface area (Å²) in [6.07, 6.45) is 12.3. The van der Waals surface area contributed by atoms with Gasteiger partial charge in [0.1, 0.15) is 5.69 Å². The van der Waals surface area contributed by atoms with Gasteiger partial charge in [0.15, 0.2) is 0 Å². The Balaban J connectivity index is -0.000000725. The van der Waals surface area contributed by atoms with Gasteiger partial charge < -0.3 is 35.1 Å². The lowest BCUT2D eigenvalue weighted by Gasteiger charge is -2.28. The van der Waals surface area contributed by atoms with Crippen molar-refractivity contribution in [2.24, 2.45) is 16.2 Å². The molecule has 1 aromatic rings. The zero-order chi connectivity index (χ0) is 47.5. The van der Waals surface area contributed by atoms with E-state index in [1.165, 1.54) is 11.3 Å². The molecular weight excluding hydrogens is 773 g/mol. The highest BCUT2D eigenvalue weighted by atomic mass is 32.1. The number of aryl methyl sites for hydroxylation is 1. The fourth-order valence-electron chi connectivity index (χ4n) is 4.47. The third-order valence-electron chi connectivity index (χ3n) is 7.02. The van der Waals surface area contributed by atoms with Crippen LogP contribution < -0.4 is 10.6 Å². The number of hydrogen-bond acceptors (Lipinski definition) is 9. The maximum Gasteiger partial charge on any atom is 0.271 e. The summed E-state index contributed by atoms with van der Waals surface area (Å²) in [7, 11) is 11.9. The second-order valence-electron chi connectivity index (χ2n) is 20.2. The highest BCUT2D eigenvalue weighted by molar-refractivity contribution is 7.09. The van der Waals surface area contributed by atoms with Crippen molar-refractivity contribution in [3.63, 3.8) is 0 Å². The fraction of sp³-hybridized carbons (Fsp3) is 0.681. The molecule has 60 heavy (non-hydrogen) atoms. The minimum atomic E-state index is -0.200. The number of rotatable bonds is 16. The lowest BCUT2D eigenvalue weighted by molar-refractivity contribution is -0.127. The minimum Gasteiger partial charge on any atom is -0.352 e. The summed E-state index contributed by atoms with van der Waals surface area (Å²) in [4.78, 5) is 60.4. The molecule has 346 valence electrons. The number of amides is 4. The van der Waals surface area contributed by atoms with Gasteiger partial charge in [-0.1, -0.05) is 86.6 Å². The summed E-state index contributed by atoms with van der Waals surface area (Å²) >= 11 is 1.49. The highest BCUT2D eigenvalue weighted by Crippen LogP contribution is 2.16. The smallest absolute Gasteiger partial charge is 0.271 e. The van der Waals surface area contributed by atoms with Crippen molar-refractivity contribution in [3.05, 3.63) is 65.2 Å². The fourth-order valence-corrected chi connectivity index (χ4v) is 5.07. The van der Waals surface area contributed by atoms with E-state index in [-0.39, 0.29) is 45.4 Å². The number of nitrogens with zero attached hydrogens (tertiary/aromatic N) is 6. The summed E-state index contributed by atoms with van der Waals surface area (Å²) in [6, 6.07) is 0. The Labute approximate surface area is 371 Å². The summed E-state index contributed by atoms with van der Waals surface area (Å²) in [5.41, 5.74) is 0.715. The number of carbonyl (C=O) groups is 4. The van der Waals surface area contributed by atoms with E-state index in [9.17, 15) is 19.2 Å². The molecule has 0 unspecified atom stereocenters. The lowest BCUT2D eigenvalue weighted by Crippen LogP contribution is -2.40. The molecule has 0 aromatic carbocycles. The largest absolute Gasteiger partial charge is 0.352 e. The molecule has 0 aliphatic rings. The topological polar surface area (TPSA) is 121 Å². The number of nitrogens with one attached hydrogen (secondary N) is 2. The summed E-state index contributed by atoms with van der Waals surface area (Å²) in [6.45, 7) is 38.5. The molecule has 0 saturated heterocycles. The van der Waals surface area contributed by atoms with Crippen LogP contribution in [-0.2, 0) is 14.4 Å². The van der Waals surface area contributed by atoms with Gasteiger partial charge in [-0.25, -0.2) is 4.98 Å². The van der Waals surface area contributed by atoms with Crippen molar-refractivity contribution in [1.82, 2.24) is 40.1 Å². The molecule has 13 heteroatoms. The lowest BCUT2D eigenvalue weighted by atomic mass is 9.96. The van der Waals surface area contributed by atoms with Crippen LogP contribution in [0.5, 0.6) is 0 Å². The number of aromatic nitrogens is 1. The Kier molecular flexibility index (Phi) is 30.7. The van der Waals surface area contributed by atoms with Gasteiger partial charge in [0, 0.05) is 81.5 Å². The van der Waals surface area contributed by atoms with Crippen molar-refractivity contribution >= 4 is 35.0 Å². The molecular formula is C47H88N8O4S. The van der Waals surface area contributed by atoms with Crippen molar-refractivity contribution < 1.29 is 19.2 Å². The third kappa shape index (κ3) is 41.1. The van der Waals surface area contributed by atoms with Crippen LogP contribution in [0.4, 0.5) is 0 Å². The van der Waals surface area contributed by atoms with Gasteiger partial charge in [-0.15, -0.1) is 17.9 Å². The standard InChI is InChI=1S/C14H26N2O.C13H26N2O.C11H22N2O.C9H14N2OS/c1-7-10-16(12-14(2,3)4)13(17)9-8-11-15(5)6;1-7-15(11-13(2,3)4)12(16)9-8-10-14(5)6;1-11(2,3)9-12-10(14)7-6-8-13(4)5;1-6-10-7(5-13-6)8(12)11-9(2,3)4/h7-9H,1,10-12H2,2-6H3;8-9H,7,10-11H2,1-6H3;6-7H,8-9H2,1-5H3,(H,12,14);5H,1-4H3,(H,11,12)/b2*9-8+;7-6+;. The van der Waals surface area contributed by atoms with E-state index in [0.29, 0.717) is 18.8 Å². The second kappa shape index (κ2) is 30.4. The van der Waals surface area contributed by atoms with Crippen molar-refractivity contribution in [2.75, 3.05) is 94.6 Å². The van der Waals surface area contributed by atoms with Gasteiger partial charge in [-0.2, -0.15) is 0 Å². The normalized spacial score (nSPS) is 12.1. The molecule has 0 aliphatic heterocycles. The Morgan fingerprint density at radius 3 is 1.42 bits per heavy atom. The Hall–Kier alpha value is -3.65. The van der Waals surface area contributed by atoms with E-state index in [4.69, 9.17) is 0 Å². The average molecular weight is 861 g/mol. The van der Waals surface area contributed by atoms with E-state index >= 15 is 0 Å². The molecule has 1 rings (SSSR count). The van der Waals surface area contributed by atoms with Crippen LogP contribution in [0.15, 0.2) is 54.5 Å². The molecule has 0 aliphatic carbocycles. The van der Waals surface area contributed by atoms with Gasteiger partial charge in [-0.05, 0) is 93.1 Å². The Bertz CT molecular complexity index is 1470. The summed E-state index contributed by atoms with van der Waals surface area (Å²) < 4.78 is 0. The van der Waals surface area contributed by atoms with Gasteiger partial charge in [0.05, 0.1) is 5.01 Å². The number of hydrogen-bond donors (Lipinski definition) is 2. The van der Waals surface area contributed by atoms with Crippen molar-refractivity contribution in [3.8, 4) is 0 Å². The quantitative estimate of drug-likeness (QED) is 0.130. The van der Waals surface area contributed by atoms with Crippen LogP contribution in [0.3, 0.4) is 0 Å². The molecule has 0 radical (unpaired) electrons. The first-order chi connectivity index (χ1) is 27.2. The van der Waals surface area contributed by atoms with Crippen LogP contribution in [0.25, 0.3) is 0 Å². The molecule has 1 aromatic heterocycles. The molecule has 0 spiro atoms. The molecule has 0 bridgehead atoms. The van der Waals surface area contributed by atoms with E-state index in [0.717, 1.165) is 44.3 Å². The van der Waals surface area contributed by atoms with Crippen LogP contribution in [0.2, 0.25) is 0 Å². The number of carbonyl (C=O) groups excluding carboxylic acids is 4. The van der Waals surface area contributed by atoms with Gasteiger partial charge in [0.25, 0.3) is 5.91 Å².